The molecular weight excluding hydrogens is 232 g/mol. The first-order valence-corrected chi connectivity index (χ1v) is 6.02. The molecule has 0 amide bonds. The molecule has 0 fully saturated rings. The van der Waals surface area contributed by atoms with Gasteiger partial charge in [0.1, 0.15) is 0 Å². The molecule has 0 spiro atoms. The summed E-state index contributed by atoms with van der Waals surface area (Å²) in [5.74, 6) is -0.286. The molecule has 0 aliphatic carbocycles. The highest BCUT2D eigenvalue weighted by atomic mass is 16.5. The molecule has 2 N–H and O–H groups in total. The number of aromatic nitrogens is 1. The maximum Gasteiger partial charge on any atom is 0.307 e. The molecule has 0 bridgehead atoms. The molecule has 18 heavy (non-hydrogen) atoms. The molecule has 0 radical (unpaired) electrons. The number of carbonyl (C=O) groups is 1. The minimum Gasteiger partial charge on any atom is -0.466 e. The summed E-state index contributed by atoms with van der Waals surface area (Å²) >= 11 is 0. The summed E-state index contributed by atoms with van der Waals surface area (Å²) in [7, 11) is 0. The smallest absolute Gasteiger partial charge is 0.307 e. The molecule has 0 aliphatic rings. The van der Waals surface area contributed by atoms with E-state index in [0.717, 1.165) is 11.3 Å². The van der Waals surface area contributed by atoms with Crippen molar-refractivity contribution in [2.24, 2.45) is 5.73 Å². The largest absolute Gasteiger partial charge is 0.466 e. The Hall–Kier alpha value is -1.46. The lowest BCUT2D eigenvalue weighted by molar-refractivity contribution is -0.143. The van der Waals surface area contributed by atoms with Gasteiger partial charge < -0.3 is 15.2 Å². The number of aryl methyl sites for hydroxylation is 1. The van der Waals surface area contributed by atoms with E-state index in [4.69, 9.17) is 15.2 Å². The number of pyridine rings is 1. The van der Waals surface area contributed by atoms with Crippen LogP contribution < -0.4 is 5.73 Å². The Balaban J connectivity index is 2.21. The van der Waals surface area contributed by atoms with E-state index >= 15 is 0 Å². The first-order chi connectivity index (χ1) is 8.61. The van der Waals surface area contributed by atoms with Gasteiger partial charge in [-0.1, -0.05) is 6.07 Å². The van der Waals surface area contributed by atoms with Crippen LogP contribution in [0.25, 0.3) is 0 Å². The zero-order valence-electron chi connectivity index (χ0n) is 10.9. The molecule has 5 nitrogen and oxygen atoms in total. The molecule has 0 saturated heterocycles. The zero-order valence-corrected chi connectivity index (χ0v) is 10.9. The monoisotopic (exact) mass is 252 g/mol. The highest BCUT2D eigenvalue weighted by molar-refractivity contribution is 5.70. The Morgan fingerprint density at radius 2 is 2.28 bits per heavy atom. The minimum absolute atomic E-state index is 0.181. The molecule has 5 heteroatoms. The molecule has 1 unspecified atom stereocenters. The van der Waals surface area contributed by atoms with Crippen LogP contribution in [0.2, 0.25) is 0 Å². The van der Waals surface area contributed by atoms with Gasteiger partial charge in [0.15, 0.2) is 0 Å². The second-order valence-corrected chi connectivity index (χ2v) is 4.09. The van der Waals surface area contributed by atoms with E-state index in [1.54, 1.807) is 13.1 Å². The second-order valence-electron chi connectivity index (χ2n) is 4.09. The highest BCUT2D eigenvalue weighted by Crippen LogP contribution is 2.02. The maximum atomic E-state index is 11.2. The fourth-order valence-corrected chi connectivity index (χ4v) is 1.40. The van der Waals surface area contributed by atoms with Gasteiger partial charge in [-0.3, -0.25) is 9.78 Å². The Kier molecular flexibility index (Phi) is 6.32. The number of hydrogen-bond donors (Lipinski definition) is 1. The van der Waals surface area contributed by atoms with Crippen molar-refractivity contribution in [2.45, 2.75) is 32.9 Å². The molecule has 1 aromatic heterocycles. The van der Waals surface area contributed by atoms with Crippen molar-refractivity contribution in [1.29, 1.82) is 0 Å². The van der Waals surface area contributed by atoms with Gasteiger partial charge in [0.05, 0.1) is 26.2 Å². The highest BCUT2D eigenvalue weighted by Gasteiger charge is 2.10. The van der Waals surface area contributed by atoms with Crippen molar-refractivity contribution in [3.63, 3.8) is 0 Å². The Morgan fingerprint density at radius 1 is 1.50 bits per heavy atom. The summed E-state index contributed by atoms with van der Waals surface area (Å²) in [5, 5.41) is 0. The molecular formula is C13H20N2O3. The van der Waals surface area contributed by atoms with E-state index in [0.29, 0.717) is 19.8 Å². The fraction of sp³-hybridized carbons (Fsp3) is 0.538. The van der Waals surface area contributed by atoms with Gasteiger partial charge >= 0.3 is 5.97 Å². The summed E-state index contributed by atoms with van der Waals surface area (Å²) in [6.45, 7) is 4.85. The van der Waals surface area contributed by atoms with Crippen LogP contribution in [0.15, 0.2) is 18.3 Å². The second kappa shape index (κ2) is 7.79. The number of ether oxygens (including phenoxy) is 2. The van der Waals surface area contributed by atoms with E-state index in [2.05, 4.69) is 4.98 Å². The van der Waals surface area contributed by atoms with Crippen molar-refractivity contribution in [2.75, 3.05) is 13.2 Å². The van der Waals surface area contributed by atoms with E-state index in [9.17, 15) is 4.79 Å². The lowest BCUT2D eigenvalue weighted by atomic mass is 10.2. The quantitative estimate of drug-likeness (QED) is 0.738. The van der Waals surface area contributed by atoms with Gasteiger partial charge in [-0.05, 0) is 25.5 Å². The Bertz CT molecular complexity index is 365. The topological polar surface area (TPSA) is 74.4 Å². The number of hydrogen-bond acceptors (Lipinski definition) is 5. The van der Waals surface area contributed by atoms with Gasteiger partial charge in [-0.2, -0.15) is 0 Å². The van der Waals surface area contributed by atoms with Crippen LogP contribution in [0.4, 0.5) is 0 Å². The molecule has 0 aliphatic heterocycles. The van der Waals surface area contributed by atoms with Gasteiger partial charge in [-0.25, -0.2) is 0 Å². The van der Waals surface area contributed by atoms with E-state index in [-0.39, 0.29) is 18.4 Å². The van der Waals surface area contributed by atoms with Crippen LogP contribution in [-0.4, -0.2) is 30.2 Å². The third-order valence-corrected chi connectivity index (χ3v) is 2.31. The molecule has 1 aromatic rings. The third kappa shape index (κ3) is 5.75. The Labute approximate surface area is 107 Å². The first kappa shape index (κ1) is 14.6. The normalized spacial score (nSPS) is 12.2. The van der Waals surface area contributed by atoms with Crippen molar-refractivity contribution in [3.05, 3.63) is 29.6 Å². The van der Waals surface area contributed by atoms with Gasteiger partial charge in [0.2, 0.25) is 0 Å². The SMILES string of the molecule is CCOC(=O)CC(N)COCc1ccc(C)nc1. The van der Waals surface area contributed by atoms with E-state index in [1.807, 2.05) is 19.1 Å². The standard InChI is InChI=1S/C13H20N2O3/c1-3-18-13(16)6-12(14)9-17-8-11-5-4-10(2)15-7-11/h4-5,7,12H,3,6,8-9,14H2,1-2H3. The maximum absolute atomic E-state index is 11.2. The lowest BCUT2D eigenvalue weighted by Gasteiger charge is -2.11. The predicted molar refractivity (Wildman–Crippen MR) is 67.9 cm³/mol. The van der Waals surface area contributed by atoms with Gasteiger partial charge in [0.25, 0.3) is 0 Å². The molecule has 100 valence electrons. The predicted octanol–water partition coefficient (Wildman–Crippen LogP) is 1.19. The molecule has 1 rings (SSSR count). The van der Waals surface area contributed by atoms with Gasteiger partial charge in [0, 0.05) is 17.9 Å². The van der Waals surface area contributed by atoms with Crippen molar-refractivity contribution >= 4 is 5.97 Å². The van der Waals surface area contributed by atoms with Crippen molar-refractivity contribution in [1.82, 2.24) is 4.98 Å². The van der Waals surface area contributed by atoms with Gasteiger partial charge in [-0.15, -0.1) is 0 Å². The molecule has 1 atom stereocenters. The molecule has 0 aromatic carbocycles. The summed E-state index contributed by atoms with van der Waals surface area (Å²) in [6, 6.07) is 3.55. The number of esters is 1. The number of rotatable bonds is 7. The Morgan fingerprint density at radius 3 is 2.89 bits per heavy atom. The van der Waals surface area contributed by atoms with Crippen LogP contribution in [0, 0.1) is 6.92 Å². The first-order valence-electron chi connectivity index (χ1n) is 6.02. The minimum atomic E-state index is -0.331. The fourth-order valence-electron chi connectivity index (χ4n) is 1.40. The van der Waals surface area contributed by atoms with Crippen LogP contribution in [0.3, 0.4) is 0 Å². The van der Waals surface area contributed by atoms with Crippen LogP contribution in [-0.2, 0) is 20.9 Å². The summed E-state index contributed by atoms with van der Waals surface area (Å²) in [6.07, 6.45) is 1.95. The van der Waals surface area contributed by atoms with Crippen molar-refractivity contribution < 1.29 is 14.3 Å². The molecule has 0 saturated carbocycles. The summed E-state index contributed by atoms with van der Waals surface area (Å²) < 4.78 is 10.2. The summed E-state index contributed by atoms with van der Waals surface area (Å²) in [4.78, 5) is 15.3. The average molecular weight is 252 g/mol. The van der Waals surface area contributed by atoms with Crippen LogP contribution in [0.1, 0.15) is 24.6 Å². The third-order valence-electron chi connectivity index (χ3n) is 2.31. The number of nitrogens with zero attached hydrogens (tertiary/aromatic N) is 1. The van der Waals surface area contributed by atoms with Crippen molar-refractivity contribution in [3.8, 4) is 0 Å². The van der Waals surface area contributed by atoms with E-state index < -0.39 is 0 Å². The zero-order chi connectivity index (χ0) is 13.4. The van der Waals surface area contributed by atoms with Crippen LogP contribution in [0.5, 0.6) is 0 Å². The van der Waals surface area contributed by atoms with E-state index in [1.165, 1.54) is 0 Å². The van der Waals surface area contributed by atoms with Crippen LogP contribution >= 0.6 is 0 Å². The number of carbonyl (C=O) groups excluding carboxylic acids is 1. The molecule has 1 heterocycles. The lowest BCUT2D eigenvalue weighted by Crippen LogP contribution is -2.29. The number of nitrogens with two attached hydrogens (primary N) is 1. The summed E-state index contributed by atoms with van der Waals surface area (Å²) in [5.41, 5.74) is 7.71. The average Bonchev–Trinajstić information content (AvgIpc) is 2.32.